The zero-order chi connectivity index (χ0) is 17.2. The van der Waals surface area contributed by atoms with E-state index in [0.717, 1.165) is 50.4 Å². The lowest BCUT2D eigenvalue weighted by atomic mass is 10.1. The minimum absolute atomic E-state index is 0.202. The van der Waals surface area contributed by atoms with Gasteiger partial charge in [0, 0.05) is 56.0 Å². The molecule has 25 heavy (non-hydrogen) atoms. The molecule has 1 amide bonds. The molecule has 0 saturated carbocycles. The second kappa shape index (κ2) is 6.92. The number of amides is 1. The topological polar surface area (TPSA) is 58.1 Å². The average Bonchev–Trinajstić information content (AvgIpc) is 3.13. The molecule has 2 aromatic rings. The Morgan fingerprint density at radius 3 is 3.00 bits per heavy atom. The van der Waals surface area contributed by atoms with E-state index >= 15 is 0 Å². The minimum Gasteiger partial charge on any atom is -0.342 e. The molecule has 0 spiro atoms. The van der Waals surface area contributed by atoms with Crippen LogP contribution in [-0.2, 0) is 24.2 Å². The largest absolute Gasteiger partial charge is 0.342 e. The van der Waals surface area contributed by atoms with Crippen LogP contribution >= 0.6 is 0 Å². The van der Waals surface area contributed by atoms with Gasteiger partial charge in [-0.3, -0.25) is 4.79 Å². The highest BCUT2D eigenvalue weighted by Crippen LogP contribution is 2.26. The maximum absolute atomic E-state index is 12.6. The number of benzene rings is 1. The lowest BCUT2D eigenvalue weighted by Gasteiger charge is -2.19. The number of nitrogens with zero attached hydrogens (tertiary/aromatic N) is 3. The number of carbonyl (C=O) groups excluding carboxylic acids is 1. The molecule has 2 aliphatic rings. The van der Waals surface area contributed by atoms with E-state index in [0.29, 0.717) is 6.42 Å². The summed E-state index contributed by atoms with van der Waals surface area (Å²) in [4.78, 5) is 23.9. The van der Waals surface area contributed by atoms with Gasteiger partial charge >= 0.3 is 0 Å². The molecular weight excluding hydrogens is 312 g/mol. The van der Waals surface area contributed by atoms with Crippen LogP contribution in [0.3, 0.4) is 0 Å². The number of hydrogen-bond acceptors (Lipinski definition) is 4. The standard InChI is InChI=1S/C20H24N4O/c1-14-2-4-15(5-3-14)10-19(25)24-9-7-16(13-24)20-22-12-17-11-21-8-6-18(17)23-20/h2-5,12,16,21H,6-11,13H2,1H3/t16-/m1/s1. The highest BCUT2D eigenvalue weighted by atomic mass is 16.2. The van der Waals surface area contributed by atoms with Crippen LogP contribution < -0.4 is 5.32 Å². The van der Waals surface area contributed by atoms with Gasteiger partial charge in [0.2, 0.25) is 5.91 Å². The molecule has 0 radical (unpaired) electrons. The first kappa shape index (κ1) is 16.2. The van der Waals surface area contributed by atoms with Gasteiger partial charge < -0.3 is 10.2 Å². The van der Waals surface area contributed by atoms with Gasteiger partial charge in [0.15, 0.2) is 0 Å². The third-order valence-corrected chi connectivity index (χ3v) is 5.21. The van der Waals surface area contributed by atoms with Gasteiger partial charge in [-0.2, -0.15) is 0 Å². The van der Waals surface area contributed by atoms with Crippen molar-refractivity contribution in [1.29, 1.82) is 0 Å². The Balaban J connectivity index is 1.40. The van der Waals surface area contributed by atoms with Crippen molar-refractivity contribution in [1.82, 2.24) is 20.2 Å². The Morgan fingerprint density at radius 2 is 2.16 bits per heavy atom. The lowest BCUT2D eigenvalue weighted by molar-refractivity contribution is -0.129. The lowest BCUT2D eigenvalue weighted by Crippen LogP contribution is -2.30. The number of aromatic nitrogens is 2. The number of likely N-dealkylation sites (tertiary alicyclic amines) is 1. The van der Waals surface area contributed by atoms with Crippen LogP contribution in [0, 0.1) is 6.92 Å². The second-order valence-corrected chi connectivity index (χ2v) is 7.11. The van der Waals surface area contributed by atoms with Gasteiger partial charge in [-0.25, -0.2) is 9.97 Å². The summed E-state index contributed by atoms with van der Waals surface area (Å²) >= 11 is 0. The Bertz CT molecular complexity index is 772. The van der Waals surface area contributed by atoms with Crippen LogP contribution in [0.15, 0.2) is 30.5 Å². The minimum atomic E-state index is 0.202. The molecule has 1 aromatic heterocycles. The molecule has 4 rings (SSSR count). The molecule has 5 heteroatoms. The van der Waals surface area contributed by atoms with Crippen LogP contribution in [-0.4, -0.2) is 40.4 Å². The van der Waals surface area contributed by atoms with Gasteiger partial charge in [-0.1, -0.05) is 29.8 Å². The molecule has 1 fully saturated rings. The number of hydrogen-bond donors (Lipinski definition) is 1. The molecule has 3 heterocycles. The van der Waals surface area contributed by atoms with Crippen LogP contribution in [0.25, 0.3) is 0 Å². The molecule has 2 aliphatic heterocycles. The number of aryl methyl sites for hydroxylation is 1. The van der Waals surface area contributed by atoms with E-state index in [1.54, 1.807) is 0 Å². The number of fused-ring (bicyclic) bond motifs is 1. The average molecular weight is 336 g/mol. The summed E-state index contributed by atoms with van der Waals surface area (Å²) in [6, 6.07) is 8.21. The maximum atomic E-state index is 12.6. The van der Waals surface area contributed by atoms with E-state index in [-0.39, 0.29) is 11.8 Å². The first-order chi connectivity index (χ1) is 12.2. The third kappa shape index (κ3) is 3.56. The van der Waals surface area contributed by atoms with Crippen LogP contribution in [0.1, 0.15) is 40.5 Å². The van der Waals surface area contributed by atoms with E-state index in [4.69, 9.17) is 4.98 Å². The second-order valence-electron chi connectivity index (χ2n) is 7.11. The summed E-state index contributed by atoms with van der Waals surface area (Å²) in [7, 11) is 0. The Kier molecular flexibility index (Phi) is 4.49. The molecule has 0 bridgehead atoms. The van der Waals surface area contributed by atoms with Crippen molar-refractivity contribution < 1.29 is 4.79 Å². The van der Waals surface area contributed by atoms with Crippen molar-refractivity contribution in [2.24, 2.45) is 0 Å². The van der Waals surface area contributed by atoms with E-state index in [1.807, 2.05) is 23.2 Å². The smallest absolute Gasteiger partial charge is 0.227 e. The predicted octanol–water partition coefficient (Wildman–Crippen LogP) is 1.99. The summed E-state index contributed by atoms with van der Waals surface area (Å²) in [6.45, 7) is 5.45. The Labute approximate surface area is 148 Å². The number of nitrogens with one attached hydrogen (secondary N) is 1. The molecule has 1 atom stereocenters. The third-order valence-electron chi connectivity index (χ3n) is 5.21. The monoisotopic (exact) mass is 336 g/mol. The van der Waals surface area contributed by atoms with Crippen LogP contribution in [0.2, 0.25) is 0 Å². The molecular formula is C20H24N4O. The van der Waals surface area contributed by atoms with Gasteiger partial charge in [-0.05, 0) is 18.9 Å². The molecule has 1 N–H and O–H groups in total. The summed E-state index contributed by atoms with van der Waals surface area (Å²) < 4.78 is 0. The molecule has 1 saturated heterocycles. The van der Waals surface area contributed by atoms with Crippen molar-refractivity contribution in [3.63, 3.8) is 0 Å². The highest BCUT2D eigenvalue weighted by Gasteiger charge is 2.29. The summed E-state index contributed by atoms with van der Waals surface area (Å²) in [5.74, 6) is 1.38. The van der Waals surface area contributed by atoms with Gasteiger partial charge in [-0.15, -0.1) is 0 Å². The van der Waals surface area contributed by atoms with E-state index in [2.05, 4.69) is 29.4 Å². The zero-order valence-electron chi connectivity index (χ0n) is 14.7. The Hall–Kier alpha value is -2.27. The molecule has 130 valence electrons. The first-order valence-corrected chi connectivity index (χ1v) is 9.08. The predicted molar refractivity (Wildman–Crippen MR) is 96.3 cm³/mol. The van der Waals surface area contributed by atoms with E-state index in [1.165, 1.54) is 16.8 Å². The van der Waals surface area contributed by atoms with Crippen LogP contribution in [0.5, 0.6) is 0 Å². The summed E-state index contributed by atoms with van der Waals surface area (Å²) in [5.41, 5.74) is 4.68. The fourth-order valence-corrected chi connectivity index (χ4v) is 3.64. The van der Waals surface area contributed by atoms with Gasteiger partial charge in [0.1, 0.15) is 5.82 Å². The fourth-order valence-electron chi connectivity index (χ4n) is 3.64. The summed E-state index contributed by atoms with van der Waals surface area (Å²) in [5, 5.41) is 3.35. The summed E-state index contributed by atoms with van der Waals surface area (Å²) in [6.07, 6.45) is 4.36. The number of carbonyl (C=O) groups is 1. The van der Waals surface area contributed by atoms with Crippen molar-refractivity contribution in [2.75, 3.05) is 19.6 Å². The molecule has 1 aromatic carbocycles. The van der Waals surface area contributed by atoms with Crippen molar-refractivity contribution in [2.45, 2.75) is 38.6 Å². The molecule has 5 nitrogen and oxygen atoms in total. The number of rotatable bonds is 3. The normalized spacial score (nSPS) is 19.7. The van der Waals surface area contributed by atoms with Crippen molar-refractivity contribution >= 4 is 5.91 Å². The zero-order valence-corrected chi connectivity index (χ0v) is 14.7. The SMILES string of the molecule is Cc1ccc(CC(=O)N2CC[C@@H](c3ncc4c(n3)CCNC4)C2)cc1. The van der Waals surface area contributed by atoms with Crippen molar-refractivity contribution in [3.8, 4) is 0 Å². The van der Waals surface area contributed by atoms with Gasteiger partial charge in [0.05, 0.1) is 6.42 Å². The van der Waals surface area contributed by atoms with Crippen LogP contribution in [0.4, 0.5) is 0 Å². The maximum Gasteiger partial charge on any atom is 0.227 e. The first-order valence-electron chi connectivity index (χ1n) is 9.08. The fraction of sp³-hybridized carbons (Fsp3) is 0.450. The Morgan fingerprint density at radius 1 is 1.32 bits per heavy atom. The van der Waals surface area contributed by atoms with Gasteiger partial charge in [0.25, 0.3) is 0 Å². The van der Waals surface area contributed by atoms with E-state index in [9.17, 15) is 4.79 Å². The molecule has 0 aliphatic carbocycles. The van der Waals surface area contributed by atoms with Crippen molar-refractivity contribution in [3.05, 3.63) is 58.7 Å². The van der Waals surface area contributed by atoms with E-state index < -0.39 is 0 Å². The molecule has 0 unspecified atom stereocenters. The quantitative estimate of drug-likeness (QED) is 0.931. The highest BCUT2D eigenvalue weighted by molar-refractivity contribution is 5.79.